The normalized spacial score (nSPS) is 12.6. The van der Waals surface area contributed by atoms with Crippen molar-refractivity contribution in [2.45, 2.75) is 32.9 Å². The Morgan fingerprint density at radius 2 is 1.50 bits per heavy atom. The highest BCUT2D eigenvalue weighted by Gasteiger charge is 2.51. The number of carboxylic acid groups (broad SMARTS) is 1. The second-order valence-corrected chi connectivity index (χ2v) is 2.90. The van der Waals surface area contributed by atoms with Gasteiger partial charge in [0.1, 0.15) is 0 Å². The number of hydrogen-bond acceptors (Lipinski definition) is 3. The first-order valence-corrected chi connectivity index (χ1v) is 4.05. The van der Waals surface area contributed by atoms with Crippen LogP contribution in [0.15, 0.2) is 0 Å². The zero-order chi connectivity index (χ0) is 11.6. The summed E-state index contributed by atoms with van der Waals surface area (Å²) in [6, 6.07) is 0. The van der Waals surface area contributed by atoms with E-state index in [1.165, 1.54) is 13.8 Å². The number of hydrogen-bond donors (Lipinski definition) is 0. The van der Waals surface area contributed by atoms with Crippen LogP contribution >= 0.6 is 0 Å². The number of Topliss-reactive ketones (excluding diaryl/α,β-unsaturated/α-hetero) is 1. The van der Waals surface area contributed by atoms with Crippen molar-refractivity contribution in [2.75, 3.05) is 0 Å². The van der Waals surface area contributed by atoms with Crippen molar-refractivity contribution in [1.29, 1.82) is 0 Å². The summed E-state index contributed by atoms with van der Waals surface area (Å²) in [5.74, 6) is -4.21. The zero-order valence-corrected chi connectivity index (χ0v) is 7.77. The molecule has 0 atom stereocenters. The second kappa shape index (κ2) is 3.98. The molecule has 0 saturated heterocycles. The van der Waals surface area contributed by atoms with Crippen LogP contribution in [0.4, 0.5) is 13.2 Å². The lowest BCUT2D eigenvalue weighted by atomic mass is 9.78. The second-order valence-electron chi connectivity index (χ2n) is 2.90. The minimum absolute atomic E-state index is 0.426. The van der Waals surface area contributed by atoms with Gasteiger partial charge in [-0.15, -0.1) is 0 Å². The number of carbonyl (C=O) groups is 2. The van der Waals surface area contributed by atoms with Crippen LogP contribution in [-0.4, -0.2) is 17.9 Å². The molecule has 0 fully saturated rings. The fraction of sp³-hybridized carbons (Fsp3) is 0.750. The van der Waals surface area contributed by atoms with E-state index in [1.807, 2.05) is 0 Å². The lowest BCUT2D eigenvalue weighted by Crippen LogP contribution is -2.52. The van der Waals surface area contributed by atoms with Crippen LogP contribution in [0.5, 0.6) is 0 Å². The van der Waals surface area contributed by atoms with Crippen LogP contribution in [0, 0.1) is 5.41 Å². The quantitative estimate of drug-likeness (QED) is 0.642. The standard InChI is InChI=1S/C8H11F3O3/c1-3-7(4-2,6(13)14)5(12)8(9,10)11/h3-4H2,1-2H3,(H,13,14)/p-1. The molecule has 0 amide bonds. The number of carboxylic acids is 1. The van der Waals surface area contributed by atoms with E-state index in [4.69, 9.17) is 0 Å². The number of rotatable bonds is 4. The van der Waals surface area contributed by atoms with Crippen molar-refractivity contribution in [1.82, 2.24) is 0 Å². The third kappa shape index (κ3) is 2.05. The Labute approximate surface area is 78.9 Å². The third-order valence-corrected chi connectivity index (χ3v) is 2.29. The Hall–Kier alpha value is -1.07. The predicted molar refractivity (Wildman–Crippen MR) is 39.1 cm³/mol. The number of alkyl halides is 3. The molecular formula is C8H10F3O3-. The smallest absolute Gasteiger partial charge is 0.450 e. The number of aliphatic carboxylic acids is 1. The van der Waals surface area contributed by atoms with E-state index in [9.17, 15) is 27.9 Å². The fourth-order valence-electron chi connectivity index (χ4n) is 1.22. The number of halogens is 3. The highest BCUT2D eigenvalue weighted by molar-refractivity contribution is 6.04. The summed E-state index contributed by atoms with van der Waals surface area (Å²) >= 11 is 0. The van der Waals surface area contributed by atoms with E-state index in [0.29, 0.717) is 0 Å². The van der Waals surface area contributed by atoms with E-state index < -0.39 is 36.2 Å². The lowest BCUT2D eigenvalue weighted by Gasteiger charge is -2.31. The molecular weight excluding hydrogens is 201 g/mol. The molecule has 0 aliphatic rings. The lowest BCUT2D eigenvalue weighted by molar-refractivity contribution is -0.319. The molecule has 0 aromatic carbocycles. The Morgan fingerprint density at radius 1 is 1.14 bits per heavy atom. The Balaban J connectivity index is 5.22. The van der Waals surface area contributed by atoms with Gasteiger partial charge in [0.2, 0.25) is 5.78 Å². The zero-order valence-electron chi connectivity index (χ0n) is 7.77. The minimum Gasteiger partial charge on any atom is -0.549 e. The Bertz CT molecular complexity index is 241. The molecule has 0 radical (unpaired) electrons. The molecule has 0 rings (SSSR count). The fourth-order valence-corrected chi connectivity index (χ4v) is 1.22. The topological polar surface area (TPSA) is 57.2 Å². The van der Waals surface area contributed by atoms with Crippen LogP contribution in [-0.2, 0) is 9.59 Å². The SMILES string of the molecule is CCC(CC)(C(=O)[O-])C(=O)C(F)(F)F. The first-order valence-electron chi connectivity index (χ1n) is 4.05. The average molecular weight is 211 g/mol. The van der Waals surface area contributed by atoms with Gasteiger partial charge in [0.25, 0.3) is 0 Å². The molecule has 0 heterocycles. The van der Waals surface area contributed by atoms with Crippen molar-refractivity contribution < 1.29 is 27.9 Å². The summed E-state index contributed by atoms with van der Waals surface area (Å²) in [5, 5.41) is 10.5. The summed E-state index contributed by atoms with van der Waals surface area (Å²) in [7, 11) is 0. The van der Waals surface area contributed by atoms with Gasteiger partial charge in [0.05, 0.1) is 11.4 Å². The van der Waals surface area contributed by atoms with Crippen LogP contribution in [0.3, 0.4) is 0 Å². The van der Waals surface area contributed by atoms with Crippen LogP contribution in [0.25, 0.3) is 0 Å². The Kier molecular flexibility index (Phi) is 3.67. The van der Waals surface area contributed by atoms with Gasteiger partial charge < -0.3 is 9.90 Å². The highest BCUT2D eigenvalue weighted by Crippen LogP contribution is 2.34. The van der Waals surface area contributed by atoms with E-state index in [2.05, 4.69) is 0 Å². The highest BCUT2D eigenvalue weighted by atomic mass is 19.4. The predicted octanol–water partition coefficient (Wildman–Crippen LogP) is 0.674. The van der Waals surface area contributed by atoms with Crippen molar-refractivity contribution in [3.8, 4) is 0 Å². The monoisotopic (exact) mass is 211 g/mol. The van der Waals surface area contributed by atoms with E-state index in [-0.39, 0.29) is 0 Å². The molecule has 82 valence electrons. The van der Waals surface area contributed by atoms with Gasteiger partial charge in [-0.1, -0.05) is 13.8 Å². The van der Waals surface area contributed by atoms with Crippen molar-refractivity contribution >= 4 is 11.8 Å². The molecule has 6 heteroatoms. The maximum Gasteiger partial charge on any atom is 0.450 e. The number of ketones is 1. The summed E-state index contributed by atoms with van der Waals surface area (Å²) in [6.45, 7) is 2.42. The molecule has 0 aliphatic heterocycles. The van der Waals surface area contributed by atoms with Gasteiger partial charge in [0.15, 0.2) is 0 Å². The molecule has 0 aromatic rings. The maximum atomic E-state index is 12.0. The van der Waals surface area contributed by atoms with Gasteiger partial charge in [0, 0.05) is 0 Å². The summed E-state index contributed by atoms with van der Waals surface area (Å²) < 4.78 is 36.1. The first kappa shape index (κ1) is 12.9. The van der Waals surface area contributed by atoms with Crippen molar-refractivity contribution in [3.63, 3.8) is 0 Å². The first-order chi connectivity index (χ1) is 6.22. The minimum atomic E-state index is -5.13. The van der Waals surface area contributed by atoms with Crippen LogP contribution in [0.1, 0.15) is 26.7 Å². The molecule has 14 heavy (non-hydrogen) atoms. The number of carbonyl (C=O) groups excluding carboxylic acids is 2. The third-order valence-electron chi connectivity index (χ3n) is 2.29. The molecule has 0 bridgehead atoms. The summed E-state index contributed by atoms with van der Waals surface area (Å²) in [4.78, 5) is 21.4. The maximum absolute atomic E-state index is 12.0. The van der Waals surface area contributed by atoms with Crippen molar-refractivity contribution in [3.05, 3.63) is 0 Å². The van der Waals surface area contributed by atoms with E-state index in [0.717, 1.165) is 0 Å². The van der Waals surface area contributed by atoms with Crippen molar-refractivity contribution in [2.24, 2.45) is 5.41 Å². The van der Waals surface area contributed by atoms with Gasteiger partial charge in [-0.05, 0) is 12.8 Å². The van der Waals surface area contributed by atoms with Gasteiger partial charge in [-0.2, -0.15) is 13.2 Å². The van der Waals surface area contributed by atoms with E-state index >= 15 is 0 Å². The molecule has 0 N–H and O–H groups in total. The van der Waals surface area contributed by atoms with Gasteiger partial charge in [-0.25, -0.2) is 0 Å². The van der Waals surface area contributed by atoms with Crippen LogP contribution in [0.2, 0.25) is 0 Å². The summed E-state index contributed by atoms with van der Waals surface area (Å²) in [5.41, 5.74) is -2.43. The van der Waals surface area contributed by atoms with Crippen LogP contribution < -0.4 is 5.11 Å². The Morgan fingerprint density at radius 3 is 1.57 bits per heavy atom. The largest absolute Gasteiger partial charge is 0.549 e. The molecule has 0 aliphatic carbocycles. The molecule has 0 unspecified atom stereocenters. The molecule has 0 aromatic heterocycles. The van der Waals surface area contributed by atoms with Gasteiger partial charge >= 0.3 is 6.18 Å². The average Bonchev–Trinajstić information content (AvgIpc) is 2.05. The van der Waals surface area contributed by atoms with Gasteiger partial charge in [-0.3, -0.25) is 4.79 Å². The molecule has 0 spiro atoms. The van der Waals surface area contributed by atoms with E-state index in [1.54, 1.807) is 0 Å². The summed E-state index contributed by atoms with van der Waals surface area (Å²) in [6.07, 6.45) is -5.99. The molecule has 3 nitrogen and oxygen atoms in total. The molecule has 0 saturated carbocycles.